The fourth-order valence-corrected chi connectivity index (χ4v) is 1.50. The van der Waals surface area contributed by atoms with Crippen molar-refractivity contribution < 1.29 is 4.74 Å². The van der Waals surface area contributed by atoms with Crippen LogP contribution in [0, 0.1) is 5.41 Å². The van der Waals surface area contributed by atoms with Crippen molar-refractivity contribution in [3.05, 3.63) is 53.3 Å². The van der Waals surface area contributed by atoms with E-state index in [-0.39, 0.29) is 5.84 Å². The molecular formula is C12H10ClN3O. The number of hydrogen-bond acceptors (Lipinski definition) is 3. The van der Waals surface area contributed by atoms with E-state index in [0.29, 0.717) is 22.1 Å². The second-order valence-corrected chi connectivity index (χ2v) is 3.73. The predicted molar refractivity (Wildman–Crippen MR) is 66.8 cm³/mol. The van der Waals surface area contributed by atoms with Crippen LogP contribution in [0.4, 0.5) is 0 Å². The molecule has 1 aromatic heterocycles. The summed E-state index contributed by atoms with van der Waals surface area (Å²) in [4.78, 5) is 3.93. The highest BCUT2D eigenvalue weighted by Gasteiger charge is 2.09. The molecule has 1 heterocycles. The molecular weight excluding hydrogens is 238 g/mol. The molecule has 0 bridgehead atoms. The molecule has 0 spiro atoms. The highest BCUT2D eigenvalue weighted by Crippen LogP contribution is 2.30. The van der Waals surface area contributed by atoms with Crippen LogP contribution >= 0.6 is 11.6 Å². The molecule has 17 heavy (non-hydrogen) atoms. The number of pyridine rings is 1. The number of ether oxygens (including phenoxy) is 1. The molecule has 0 aliphatic carbocycles. The van der Waals surface area contributed by atoms with Gasteiger partial charge in [-0.2, -0.15) is 0 Å². The third kappa shape index (κ3) is 2.54. The van der Waals surface area contributed by atoms with Crippen LogP contribution in [0.3, 0.4) is 0 Å². The first-order valence-electron chi connectivity index (χ1n) is 4.89. The van der Waals surface area contributed by atoms with Crippen LogP contribution in [0.2, 0.25) is 5.02 Å². The van der Waals surface area contributed by atoms with E-state index >= 15 is 0 Å². The summed E-state index contributed by atoms with van der Waals surface area (Å²) in [6, 6.07) is 8.70. The first kappa shape index (κ1) is 11.4. The molecule has 0 aliphatic rings. The van der Waals surface area contributed by atoms with Gasteiger partial charge in [0.15, 0.2) is 5.75 Å². The molecule has 0 unspecified atom stereocenters. The lowest BCUT2D eigenvalue weighted by molar-refractivity contribution is 0.479. The summed E-state index contributed by atoms with van der Waals surface area (Å²) >= 11 is 5.98. The average molecular weight is 248 g/mol. The molecule has 2 aromatic rings. The molecule has 0 amide bonds. The zero-order valence-electron chi connectivity index (χ0n) is 8.85. The Morgan fingerprint density at radius 3 is 2.71 bits per heavy atom. The van der Waals surface area contributed by atoms with Crippen LogP contribution in [0.1, 0.15) is 5.56 Å². The third-order valence-corrected chi connectivity index (χ3v) is 2.44. The molecule has 5 heteroatoms. The molecule has 86 valence electrons. The maximum atomic E-state index is 7.43. The molecule has 0 saturated carbocycles. The molecule has 1 aromatic carbocycles. The largest absolute Gasteiger partial charge is 0.453 e. The Bertz CT molecular complexity index is 557. The summed E-state index contributed by atoms with van der Waals surface area (Å²) in [5, 5.41) is 7.92. The zero-order chi connectivity index (χ0) is 12.3. The van der Waals surface area contributed by atoms with Crippen molar-refractivity contribution in [2.24, 2.45) is 5.73 Å². The second kappa shape index (κ2) is 4.84. The molecule has 0 aliphatic heterocycles. The number of rotatable bonds is 3. The summed E-state index contributed by atoms with van der Waals surface area (Å²) in [5.74, 6) is 0.840. The maximum Gasteiger partial charge on any atom is 0.156 e. The van der Waals surface area contributed by atoms with Crippen molar-refractivity contribution in [1.29, 1.82) is 5.41 Å². The fraction of sp³-hybridized carbons (Fsp3) is 0. The average Bonchev–Trinajstić information content (AvgIpc) is 2.32. The topological polar surface area (TPSA) is 72.0 Å². The van der Waals surface area contributed by atoms with E-state index in [1.807, 2.05) is 12.1 Å². The van der Waals surface area contributed by atoms with Crippen LogP contribution in [-0.4, -0.2) is 10.8 Å². The number of para-hydroxylation sites is 1. The number of nitrogens with one attached hydrogen (secondary N) is 1. The number of amidine groups is 1. The molecule has 0 fully saturated rings. The Morgan fingerprint density at radius 1 is 1.24 bits per heavy atom. The van der Waals surface area contributed by atoms with Gasteiger partial charge in [-0.3, -0.25) is 10.4 Å². The van der Waals surface area contributed by atoms with Gasteiger partial charge in [-0.1, -0.05) is 23.7 Å². The van der Waals surface area contributed by atoms with E-state index < -0.39 is 0 Å². The first-order chi connectivity index (χ1) is 8.18. The zero-order valence-corrected chi connectivity index (χ0v) is 9.61. The van der Waals surface area contributed by atoms with Crippen molar-refractivity contribution >= 4 is 17.4 Å². The molecule has 2 rings (SSSR count). The summed E-state index contributed by atoms with van der Waals surface area (Å²) in [5.41, 5.74) is 5.93. The van der Waals surface area contributed by atoms with Crippen LogP contribution in [0.25, 0.3) is 0 Å². The Kier molecular flexibility index (Phi) is 3.25. The molecule has 4 nitrogen and oxygen atoms in total. The predicted octanol–water partition coefficient (Wildman–Crippen LogP) is 2.81. The standard InChI is InChI=1S/C12H10ClN3O/c13-9-3-1-2-4-10(9)17-11-7-16-6-5-8(11)12(14)15/h1-7H,(H3,14,15). The first-order valence-corrected chi connectivity index (χ1v) is 5.27. The van der Waals surface area contributed by atoms with E-state index in [2.05, 4.69) is 4.98 Å². The minimum Gasteiger partial charge on any atom is -0.453 e. The van der Waals surface area contributed by atoms with Gasteiger partial charge in [-0.15, -0.1) is 0 Å². The van der Waals surface area contributed by atoms with Gasteiger partial charge in [-0.05, 0) is 18.2 Å². The van der Waals surface area contributed by atoms with E-state index in [4.69, 9.17) is 27.5 Å². The van der Waals surface area contributed by atoms with Gasteiger partial charge in [0.2, 0.25) is 0 Å². The van der Waals surface area contributed by atoms with Gasteiger partial charge in [0.05, 0.1) is 16.8 Å². The maximum absolute atomic E-state index is 7.43. The van der Waals surface area contributed by atoms with Gasteiger partial charge < -0.3 is 10.5 Å². The molecule has 0 atom stereocenters. The number of nitrogens with two attached hydrogens (primary N) is 1. The van der Waals surface area contributed by atoms with Gasteiger partial charge in [-0.25, -0.2) is 0 Å². The van der Waals surface area contributed by atoms with Crippen LogP contribution < -0.4 is 10.5 Å². The van der Waals surface area contributed by atoms with Gasteiger partial charge in [0.1, 0.15) is 11.6 Å². The summed E-state index contributed by atoms with van der Waals surface area (Å²) in [6.45, 7) is 0. The van der Waals surface area contributed by atoms with Gasteiger partial charge in [0, 0.05) is 6.20 Å². The normalized spacial score (nSPS) is 9.94. The lowest BCUT2D eigenvalue weighted by Gasteiger charge is -2.10. The van der Waals surface area contributed by atoms with E-state index in [0.717, 1.165) is 0 Å². The second-order valence-electron chi connectivity index (χ2n) is 3.32. The van der Waals surface area contributed by atoms with Crippen LogP contribution in [0.15, 0.2) is 42.7 Å². The SMILES string of the molecule is N=C(N)c1ccncc1Oc1ccccc1Cl. The van der Waals surface area contributed by atoms with Crippen molar-refractivity contribution in [2.75, 3.05) is 0 Å². The third-order valence-electron chi connectivity index (χ3n) is 2.13. The highest BCUT2D eigenvalue weighted by molar-refractivity contribution is 6.32. The van der Waals surface area contributed by atoms with Crippen LogP contribution in [0.5, 0.6) is 11.5 Å². The van der Waals surface area contributed by atoms with Gasteiger partial charge in [0.25, 0.3) is 0 Å². The number of nitrogen functional groups attached to an aromatic ring is 1. The van der Waals surface area contributed by atoms with Crippen molar-refractivity contribution in [1.82, 2.24) is 4.98 Å². The number of halogens is 1. The quantitative estimate of drug-likeness (QED) is 0.647. The Balaban J connectivity index is 2.37. The minimum atomic E-state index is -0.0746. The van der Waals surface area contributed by atoms with Crippen LogP contribution in [-0.2, 0) is 0 Å². The lowest BCUT2D eigenvalue weighted by Crippen LogP contribution is -2.12. The number of aromatic nitrogens is 1. The number of nitrogens with zero attached hydrogens (tertiary/aromatic N) is 1. The van der Waals surface area contributed by atoms with E-state index in [1.54, 1.807) is 24.4 Å². The summed E-state index contributed by atoms with van der Waals surface area (Å²) in [6.07, 6.45) is 3.05. The fourth-order valence-electron chi connectivity index (χ4n) is 1.33. The molecule has 0 saturated heterocycles. The lowest BCUT2D eigenvalue weighted by atomic mass is 10.2. The van der Waals surface area contributed by atoms with Crippen molar-refractivity contribution in [2.45, 2.75) is 0 Å². The number of hydrogen-bond donors (Lipinski definition) is 2. The number of benzene rings is 1. The highest BCUT2D eigenvalue weighted by atomic mass is 35.5. The summed E-state index contributed by atoms with van der Waals surface area (Å²) in [7, 11) is 0. The Morgan fingerprint density at radius 2 is 2.00 bits per heavy atom. The minimum absolute atomic E-state index is 0.0746. The van der Waals surface area contributed by atoms with Crippen molar-refractivity contribution in [3.63, 3.8) is 0 Å². The smallest absolute Gasteiger partial charge is 0.156 e. The van der Waals surface area contributed by atoms with Crippen molar-refractivity contribution in [3.8, 4) is 11.5 Å². The van der Waals surface area contributed by atoms with E-state index in [9.17, 15) is 0 Å². The van der Waals surface area contributed by atoms with E-state index in [1.165, 1.54) is 6.20 Å². The van der Waals surface area contributed by atoms with Gasteiger partial charge >= 0.3 is 0 Å². The molecule has 0 radical (unpaired) electrons. The molecule has 3 N–H and O–H groups in total. The monoisotopic (exact) mass is 247 g/mol. The Hall–Kier alpha value is -2.07. The summed E-state index contributed by atoms with van der Waals surface area (Å²) < 4.78 is 5.59. The Labute approximate surface area is 104 Å².